The van der Waals surface area contributed by atoms with Gasteiger partial charge in [-0.25, -0.2) is 9.97 Å². The molecule has 0 saturated heterocycles. The van der Waals surface area contributed by atoms with Crippen molar-refractivity contribution in [1.29, 1.82) is 0 Å². The van der Waals surface area contributed by atoms with Gasteiger partial charge in [-0.15, -0.1) is 0 Å². The van der Waals surface area contributed by atoms with E-state index in [0.29, 0.717) is 12.0 Å². The van der Waals surface area contributed by atoms with E-state index < -0.39 is 0 Å². The maximum atomic E-state index is 5.78. The van der Waals surface area contributed by atoms with Gasteiger partial charge in [0, 0.05) is 24.6 Å². The summed E-state index contributed by atoms with van der Waals surface area (Å²) in [6.07, 6.45) is 2.78. The Labute approximate surface area is 125 Å². The molecule has 4 heteroatoms. The minimum atomic E-state index is 0.300. The third kappa shape index (κ3) is 3.32. The quantitative estimate of drug-likeness (QED) is 0.905. The van der Waals surface area contributed by atoms with Crippen LogP contribution in [0.2, 0.25) is 0 Å². The molecule has 1 aliphatic rings. The van der Waals surface area contributed by atoms with Crippen LogP contribution in [0.5, 0.6) is 5.75 Å². The molecule has 0 amide bonds. The molecular formula is C17H21N3O. The van der Waals surface area contributed by atoms with Gasteiger partial charge in [-0.2, -0.15) is 0 Å². The predicted molar refractivity (Wildman–Crippen MR) is 84.8 cm³/mol. The van der Waals surface area contributed by atoms with E-state index in [9.17, 15) is 0 Å². The first-order valence-electron chi connectivity index (χ1n) is 7.49. The molecule has 110 valence electrons. The van der Waals surface area contributed by atoms with Crippen LogP contribution in [0.4, 0.5) is 5.82 Å². The van der Waals surface area contributed by atoms with Gasteiger partial charge in [0.1, 0.15) is 17.4 Å². The fourth-order valence-corrected chi connectivity index (χ4v) is 2.08. The summed E-state index contributed by atoms with van der Waals surface area (Å²) >= 11 is 0. The Morgan fingerprint density at radius 3 is 2.43 bits per heavy atom. The summed E-state index contributed by atoms with van der Waals surface area (Å²) in [6.45, 7) is 4.20. The Hall–Kier alpha value is -2.10. The Morgan fingerprint density at radius 2 is 1.86 bits per heavy atom. The van der Waals surface area contributed by atoms with Crippen LogP contribution in [0, 0.1) is 0 Å². The summed E-state index contributed by atoms with van der Waals surface area (Å²) in [6, 6.07) is 10.1. The number of anilines is 1. The molecule has 4 nitrogen and oxygen atoms in total. The van der Waals surface area contributed by atoms with E-state index >= 15 is 0 Å². The van der Waals surface area contributed by atoms with Gasteiger partial charge in [0.15, 0.2) is 0 Å². The summed E-state index contributed by atoms with van der Waals surface area (Å²) in [7, 11) is 1.88. The third-order valence-electron chi connectivity index (χ3n) is 3.49. The van der Waals surface area contributed by atoms with Crippen LogP contribution in [0.3, 0.4) is 0 Å². The molecule has 3 rings (SSSR count). The minimum absolute atomic E-state index is 0.300. The monoisotopic (exact) mass is 283 g/mol. The van der Waals surface area contributed by atoms with Gasteiger partial charge >= 0.3 is 0 Å². The average molecular weight is 283 g/mol. The van der Waals surface area contributed by atoms with E-state index in [-0.39, 0.29) is 0 Å². The first-order chi connectivity index (χ1) is 10.2. The van der Waals surface area contributed by atoms with Crippen molar-refractivity contribution >= 4 is 5.82 Å². The second kappa shape index (κ2) is 5.72. The number of ether oxygens (including phenoxy) is 1. The molecule has 1 aromatic carbocycles. The topological polar surface area (TPSA) is 47.0 Å². The first kappa shape index (κ1) is 13.9. The highest BCUT2D eigenvalue weighted by atomic mass is 16.5. The fraction of sp³-hybridized carbons (Fsp3) is 0.412. The molecule has 21 heavy (non-hydrogen) atoms. The molecule has 0 atom stereocenters. The minimum Gasteiger partial charge on any atom is -0.490 e. The summed E-state index contributed by atoms with van der Waals surface area (Å²) < 4.78 is 5.78. The molecule has 2 aromatic rings. The van der Waals surface area contributed by atoms with Crippen molar-refractivity contribution in [1.82, 2.24) is 9.97 Å². The van der Waals surface area contributed by atoms with Gasteiger partial charge in [0.25, 0.3) is 0 Å². The SMILES string of the molecule is CNc1cc(-c2ccc(OC3CC3)cc2)nc(C(C)C)n1. The normalized spacial score (nSPS) is 14.3. The lowest BCUT2D eigenvalue weighted by Gasteiger charge is -2.10. The molecule has 0 unspecified atom stereocenters. The van der Waals surface area contributed by atoms with Crippen molar-refractivity contribution in [2.75, 3.05) is 12.4 Å². The van der Waals surface area contributed by atoms with Gasteiger partial charge in [-0.05, 0) is 37.1 Å². The van der Waals surface area contributed by atoms with Crippen molar-refractivity contribution < 1.29 is 4.74 Å². The van der Waals surface area contributed by atoms with E-state index in [1.807, 2.05) is 25.2 Å². The summed E-state index contributed by atoms with van der Waals surface area (Å²) in [4.78, 5) is 9.16. The van der Waals surface area contributed by atoms with Crippen LogP contribution in [0.1, 0.15) is 38.4 Å². The van der Waals surface area contributed by atoms with Crippen LogP contribution in [-0.2, 0) is 0 Å². The number of rotatable bonds is 5. The van der Waals surface area contributed by atoms with Crippen LogP contribution in [0.25, 0.3) is 11.3 Å². The maximum Gasteiger partial charge on any atom is 0.133 e. The molecule has 1 fully saturated rings. The van der Waals surface area contributed by atoms with Crippen LogP contribution >= 0.6 is 0 Å². The molecule has 1 aliphatic carbocycles. The van der Waals surface area contributed by atoms with E-state index in [1.165, 1.54) is 12.8 Å². The zero-order valence-corrected chi connectivity index (χ0v) is 12.8. The van der Waals surface area contributed by atoms with Crippen LogP contribution in [0.15, 0.2) is 30.3 Å². The molecule has 1 saturated carbocycles. The van der Waals surface area contributed by atoms with Crippen molar-refractivity contribution in [2.24, 2.45) is 0 Å². The Bertz CT molecular complexity index is 618. The lowest BCUT2D eigenvalue weighted by Crippen LogP contribution is -2.03. The lowest BCUT2D eigenvalue weighted by atomic mass is 10.1. The van der Waals surface area contributed by atoms with Crippen molar-refractivity contribution in [3.63, 3.8) is 0 Å². The first-order valence-corrected chi connectivity index (χ1v) is 7.49. The van der Waals surface area contributed by atoms with Gasteiger partial charge in [-0.1, -0.05) is 13.8 Å². The molecule has 1 N–H and O–H groups in total. The van der Waals surface area contributed by atoms with Crippen LogP contribution in [-0.4, -0.2) is 23.1 Å². The Balaban J connectivity index is 1.89. The van der Waals surface area contributed by atoms with E-state index in [2.05, 4.69) is 41.3 Å². The molecule has 0 bridgehead atoms. The second-order valence-electron chi connectivity index (χ2n) is 5.74. The molecule has 1 aromatic heterocycles. The molecular weight excluding hydrogens is 262 g/mol. The van der Waals surface area contributed by atoms with E-state index in [0.717, 1.165) is 28.6 Å². The molecule has 1 heterocycles. The predicted octanol–water partition coefficient (Wildman–Crippen LogP) is 3.85. The number of aromatic nitrogens is 2. The lowest BCUT2D eigenvalue weighted by molar-refractivity contribution is 0.303. The zero-order valence-electron chi connectivity index (χ0n) is 12.8. The fourth-order valence-electron chi connectivity index (χ4n) is 2.08. The number of hydrogen-bond acceptors (Lipinski definition) is 4. The molecule has 0 radical (unpaired) electrons. The van der Waals surface area contributed by atoms with Crippen LogP contribution < -0.4 is 10.1 Å². The second-order valence-corrected chi connectivity index (χ2v) is 5.74. The summed E-state index contributed by atoms with van der Waals surface area (Å²) in [5, 5.41) is 3.10. The standard InChI is InChI=1S/C17H21N3O/c1-11(2)17-19-15(10-16(18-3)20-17)12-4-6-13(7-5-12)21-14-8-9-14/h4-7,10-11,14H,8-9H2,1-3H3,(H,18,19,20). The van der Waals surface area contributed by atoms with E-state index in [1.54, 1.807) is 0 Å². The largest absolute Gasteiger partial charge is 0.490 e. The van der Waals surface area contributed by atoms with Crippen molar-refractivity contribution in [3.05, 3.63) is 36.2 Å². The zero-order chi connectivity index (χ0) is 14.8. The number of hydrogen-bond donors (Lipinski definition) is 1. The highest BCUT2D eigenvalue weighted by molar-refractivity contribution is 5.63. The molecule has 0 spiro atoms. The smallest absolute Gasteiger partial charge is 0.133 e. The van der Waals surface area contributed by atoms with Crippen molar-refractivity contribution in [3.8, 4) is 17.0 Å². The van der Waals surface area contributed by atoms with Gasteiger partial charge in [0.05, 0.1) is 11.8 Å². The van der Waals surface area contributed by atoms with E-state index in [4.69, 9.17) is 4.74 Å². The molecule has 0 aliphatic heterocycles. The Morgan fingerprint density at radius 1 is 1.14 bits per heavy atom. The number of benzene rings is 1. The van der Waals surface area contributed by atoms with Crippen molar-refractivity contribution in [2.45, 2.75) is 38.7 Å². The highest BCUT2D eigenvalue weighted by Crippen LogP contribution is 2.29. The van der Waals surface area contributed by atoms with Gasteiger partial charge in [-0.3, -0.25) is 0 Å². The highest BCUT2D eigenvalue weighted by Gasteiger charge is 2.23. The number of nitrogens with zero attached hydrogens (tertiary/aromatic N) is 2. The maximum absolute atomic E-state index is 5.78. The third-order valence-corrected chi connectivity index (χ3v) is 3.49. The summed E-state index contributed by atoms with van der Waals surface area (Å²) in [5.74, 6) is 2.94. The number of nitrogens with one attached hydrogen (secondary N) is 1. The summed E-state index contributed by atoms with van der Waals surface area (Å²) in [5.41, 5.74) is 2.02. The van der Waals surface area contributed by atoms with Gasteiger partial charge < -0.3 is 10.1 Å². The van der Waals surface area contributed by atoms with Gasteiger partial charge in [0.2, 0.25) is 0 Å². The Kier molecular flexibility index (Phi) is 3.78. The average Bonchev–Trinajstić information content (AvgIpc) is 3.31.